The van der Waals surface area contributed by atoms with Crippen molar-refractivity contribution < 1.29 is 8.78 Å². The van der Waals surface area contributed by atoms with Crippen LogP contribution in [-0.4, -0.2) is 6.54 Å². The summed E-state index contributed by atoms with van der Waals surface area (Å²) in [5.41, 5.74) is 1.17. The van der Waals surface area contributed by atoms with Crippen LogP contribution in [0.25, 0.3) is 0 Å². The molecule has 0 saturated carbocycles. The van der Waals surface area contributed by atoms with E-state index in [2.05, 4.69) is 37.2 Å². The van der Waals surface area contributed by atoms with E-state index in [0.29, 0.717) is 26.6 Å². The number of benzene rings is 2. The Hall–Kier alpha value is -0.780. The lowest BCUT2D eigenvalue weighted by Crippen LogP contribution is -2.23. The summed E-state index contributed by atoms with van der Waals surface area (Å²) in [6.45, 7) is 2.58. The van der Waals surface area contributed by atoms with Crippen LogP contribution in [0.5, 0.6) is 0 Å². The Morgan fingerprint density at radius 3 is 2.50 bits per heavy atom. The van der Waals surface area contributed by atoms with E-state index >= 15 is 0 Å². The molecule has 2 aromatic rings. The van der Waals surface area contributed by atoms with Crippen LogP contribution < -0.4 is 5.32 Å². The van der Waals surface area contributed by atoms with Crippen molar-refractivity contribution in [3.05, 3.63) is 68.1 Å². The Kier molecular flexibility index (Phi) is 5.29. The minimum absolute atomic E-state index is 0.332. The van der Waals surface area contributed by atoms with E-state index in [1.165, 1.54) is 6.07 Å². The van der Waals surface area contributed by atoms with Gasteiger partial charge in [0.25, 0.3) is 0 Å². The van der Waals surface area contributed by atoms with E-state index in [1.807, 2.05) is 6.92 Å². The lowest BCUT2D eigenvalue weighted by molar-refractivity contribution is 0.550. The molecular formula is C15H13Br2F2N. The molecule has 1 N–H and O–H groups in total. The minimum Gasteiger partial charge on any atom is -0.306 e. The van der Waals surface area contributed by atoms with E-state index < -0.39 is 0 Å². The first kappa shape index (κ1) is 15.6. The van der Waals surface area contributed by atoms with Gasteiger partial charge in [-0.2, -0.15) is 0 Å². The fraction of sp³-hybridized carbons (Fsp3) is 0.200. The van der Waals surface area contributed by atoms with Crippen LogP contribution in [0, 0.1) is 11.6 Å². The SMILES string of the molecule is CCNC(c1ccc(Br)c(F)c1)c1cccc(Br)c1F. The molecule has 5 heteroatoms. The molecule has 2 aromatic carbocycles. The molecule has 0 heterocycles. The fourth-order valence-corrected chi connectivity index (χ4v) is 2.68. The Bertz CT molecular complexity index is 617. The molecule has 0 aliphatic rings. The predicted octanol–water partition coefficient (Wildman–Crippen LogP) is 5.19. The predicted molar refractivity (Wildman–Crippen MR) is 83.7 cm³/mol. The summed E-state index contributed by atoms with van der Waals surface area (Å²) < 4.78 is 28.7. The van der Waals surface area contributed by atoms with Crippen molar-refractivity contribution in [3.8, 4) is 0 Å². The molecular weight excluding hydrogens is 392 g/mol. The van der Waals surface area contributed by atoms with E-state index in [1.54, 1.807) is 30.3 Å². The zero-order chi connectivity index (χ0) is 14.7. The Morgan fingerprint density at radius 1 is 1.10 bits per heavy atom. The summed E-state index contributed by atoms with van der Waals surface area (Å²) in [4.78, 5) is 0. The summed E-state index contributed by atoms with van der Waals surface area (Å²) in [6.07, 6.45) is 0. The fourth-order valence-electron chi connectivity index (χ4n) is 2.05. The van der Waals surface area contributed by atoms with E-state index in [9.17, 15) is 8.78 Å². The molecule has 0 aliphatic carbocycles. The highest BCUT2D eigenvalue weighted by atomic mass is 79.9. The molecule has 0 bridgehead atoms. The molecule has 0 amide bonds. The maximum Gasteiger partial charge on any atom is 0.142 e. The average Bonchev–Trinajstić information content (AvgIpc) is 2.43. The van der Waals surface area contributed by atoms with Gasteiger partial charge in [0.15, 0.2) is 0 Å². The molecule has 2 rings (SSSR count). The maximum absolute atomic E-state index is 14.3. The third-order valence-corrected chi connectivity index (χ3v) is 4.23. The van der Waals surface area contributed by atoms with E-state index in [4.69, 9.17) is 0 Å². The lowest BCUT2D eigenvalue weighted by atomic mass is 9.98. The van der Waals surface area contributed by atoms with Gasteiger partial charge in [-0.1, -0.05) is 25.1 Å². The van der Waals surface area contributed by atoms with Gasteiger partial charge in [0, 0.05) is 5.56 Å². The van der Waals surface area contributed by atoms with Crippen molar-refractivity contribution in [2.24, 2.45) is 0 Å². The molecule has 1 atom stereocenters. The summed E-state index contributed by atoms with van der Waals surface area (Å²) in [5.74, 6) is -0.692. The smallest absolute Gasteiger partial charge is 0.142 e. The third-order valence-electron chi connectivity index (χ3n) is 2.98. The van der Waals surface area contributed by atoms with Gasteiger partial charge in [-0.15, -0.1) is 0 Å². The van der Waals surface area contributed by atoms with Crippen LogP contribution >= 0.6 is 31.9 Å². The van der Waals surface area contributed by atoms with Crippen molar-refractivity contribution in [3.63, 3.8) is 0 Å². The average molecular weight is 405 g/mol. The van der Waals surface area contributed by atoms with Crippen molar-refractivity contribution >= 4 is 31.9 Å². The van der Waals surface area contributed by atoms with Gasteiger partial charge in [-0.25, -0.2) is 8.78 Å². The normalized spacial score (nSPS) is 12.4. The second kappa shape index (κ2) is 6.78. The van der Waals surface area contributed by atoms with E-state index in [-0.39, 0.29) is 17.7 Å². The monoisotopic (exact) mass is 403 g/mol. The Morgan fingerprint density at radius 2 is 1.85 bits per heavy atom. The van der Waals surface area contributed by atoms with Crippen LogP contribution in [0.3, 0.4) is 0 Å². The molecule has 20 heavy (non-hydrogen) atoms. The zero-order valence-corrected chi connectivity index (χ0v) is 13.9. The van der Waals surface area contributed by atoms with Gasteiger partial charge >= 0.3 is 0 Å². The standard InChI is InChI=1S/C15H13Br2F2N/c1-2-20-15(9-6-7-11(16)13(18)8-9)10-4-3-5-12(17)14(10)19/h3-8,15,20H,2H2,1H3. The first-order chi connectivity index (χ1) is 9.54. The summed E-state index contributed by atoms with van der Waals surface area (Å²) in [7, 11) is 0. The van der Waals surface area contributed by atoms with Gasteiger partial charge in [-0.05, 0) is 62.2 Å². The second-order valence-electron chi connectivity index (χ2n) is 4.31. The Balaban J connectivity index is 2.50. The van der Waals surface area contributed by atoms with Gasteiger partial charge in [-0.3, -0.25) is 0 Å². The molecule has 0 saturated heterocycles. The highest BCUT2D eigenvalue weighted by molar-refractivity contribution is 9.10. The number of halogens is 4. The largest absolute Gasteiger partial charge is 0.306 e. The molecule has 0 aliphatic heterocycles. The topological polar surface area (TPSA) is 12.0 Å². The van der Waals surface area contributed by atoms with Crippen LogP contribution in [0.4, 0.5) is 8.78 Å². The minimum atomic E-state index is -0.389. The summed E-state index contributed by atoms with van der Waals surface area (Å²) in [6, 6.07) is 9.54. The molecule has 106 valence electrons. The lowest BCUT2D eigenvalue weighted by Gasteiger charge is -2.20. The third kappa shape index (κ3) is 3.27. The Labute approximate surface area is 133 Å². The van der Waals surface area contributed by atoms with Crippen molar-refractivity contribution in [1.29, 1.82) is 0 Å². The van der Waals surface area contributed by atoms with Gasteiger partial charge in [0.2, 0.25) is 0 Å². The molecule has 0 spiro atoms. The highest BCUT2D eigenvalue weighted by Crippen LogP contribution is 2.30. The number of hydrogen-bond acceptors (Lipinski definition) is 1. The van der Waals surface area contributed by atoms with Crippen LogP contribution in [-0.2, 0) is 0 Å². The molecule has 1 unspecified atom stereocenters. The number of hydrogen-bond donors (Lipinski definition) is 1. The molecule has 0 radical (unpaired) electrons. The van der Waals surface area contributed by atoms with Crippen molar-refractivity contribution in [1.82, 2.24) is 5.32 Å². The van der Waals surface area contributed by atoms with Gasteiger partial charge in [0.1, 0.15) is 11.6 Å². The van der Waals surface area contributed by atoms with Gasteiger partial charge < -0.3 is 5.32 Å². The highest BCUT2D eigenvalue weighted by Gasteiger charge is 2.19. The van der Waals surface area contributed by atoms with E-state index in [0.717, 1.165) is 0 Å². The first-order valence-electron chi connectivity index (χ1n) is 6.16. The van der Waals surface area contributed by atoms with Crippen LogP contribution in [0.1, 0.15) is 24.1 Å². The molecule has 1 nitrogen and oxygen atoms in total. The number of rotatable bonds is 4. The quantitative estimate of drug-likeness (QED) is 0.739. The van der Waals surface area contributed by atoms with Crippen LogP contribution in [0.15, 0.2) is 45.3 Å². The van der Waals surface area contributed by atoms with Gasteiger partial charge in [0.05, 0.1) is 15.0 Å². The summed E-state index contributed by atoms with van der Waals surface area (Å²) in [5, 5.41) is 3.19. The summed E-state index contributed by atoms with van der Waals surface area (Å²) >= 11 is 6.30. The number of nitrogens with one attached hydrogen (secondary N) is 1. The molecule has 0 aromatic heterocycles. The van der Waals surface area contributed by atoms with Crippen molar-refractivity contribution in [2.45, 2.75) is 13.0 Å². The maximum atomic E-state index is 14.3. The second-order valence-corrected chi connectivity index (χ2v) is 6.02. The zero-order valence-electron chi connectivity index (χ0n) is 10.8. The van der Waals surface area contributed by atoms with Crippen LogP contribution in [0.2, 0.25) is 0 Å². The molecule has 0 fully saturated rings. The van der Waals surface area contributed by atoms with Crippen molar-refractivity contribution in [2.75, 3.05) is 6.54 Å². The first-order valence-corrected chi connectivity index (χ1v) is 7.75.